The molecule has 0 saturated heterocycles. The first kappa shape index (κ1) is 15.6. The lowest BCUT2D eigenvalue weighted by atomic mass is 9.87. The van der Waals surface area contributed by atoms with E-state index < -0.39 is 0 Å². The number of imidazole rings is 1. The Morgan fingerprint density at radius 2 is 1.44 bits per heavy atom. The highest BCUT2D eigenvalue weighted by molar-refractivity contribution is 5.86. The molecular formula is C22H21N3. The molecule has 0 atom stereocenters. The Balaban J connectivity index is 2.14. The number of hydrogen-bond donors (Lipinski definition) is 0. The van der Waals surface area contributed by atoms with Crippen LogP contribution in [-0.2, 0) is 5.41 Å². The van der Waals surface area contributed by atoms with E-state index in [-0.39, 0.29) is 5.41 Å². The zero-order valence-corrected chi connectivity index (χ0v) is 14.8. The third-order valence-electron chi connectivity index (χ3n) is 4.41. The molecule has 4 aromatic rings. The number of benzene rings is 2. The van der Waals surface area contributed by atoms with Crippen LogP contribution in [0.25, 0.3) is 28.1 Å². The topological polar surface area (TPSA) is 30.7 Å². The van der Waals surface area contributed by atoms with E-state index in [9.17, 15) is 0 Å². The molecule has 0 aliphatic rings. The average Bonchev–Trinajstić information content (AvgIpc) is 3.02. The van der Waals surface area contributed by atoms with Gasteiger partial charge in [-0.05, 0) is 17.5 Å². The molecule has 0 unspecified atom stereocenters. The van der Waals surface area contributed by atoms with Gasteiger partial charge in [-0.25, -0.2) is 4.98 Å². The number of nitrogens with zero attached hydrogens (tertiary/aromatic N) is 3. The fourth-order valence-electron chi connectivity index (χ4n) is 3.19. The summed E-state index contributed by atoms with van der Waals surface area (Å²) in [6.45, 7) is 6.65. The molecule has 25 heavy (non-hydrogen) atoms. The van der Waals surface area contributed by atoms with Gasteiger partial charge >= 0.3 is 0 Å². The lowest BCUT2D eigenvalue weighted by molar-refractivity contribution is 0.591. The van der Waals surface area contributed by atoms with E-state index in [1.165, 1.54) is 5.56 Å². The summed E-state index contributed by atoms with van der Waals surface area (Å²) >= 11 is 0. The third kappa shape index (κ3) is 2.72. The Morgan fingerprint density at radius 3 is 2.08 bits per heavy atom. The Labute approximate surface area is 148 Å². The van der Waals surface area contributed by atoms with Gasteiger partial charge in [-0.15, -0.1) is 0 Å². The summed E-state index contributed by atoms with van der Waals surface area (Å²) < 4.78 is 2.26. The number of pyridine rings is 1. The molecule has 0 spiro atoms. The molecule has 3 nitrogen and oxygen atoms in total. The van der Waals surface area contributed by atoms with Crippen LogP contribution in [0, 0.1) is 0 Å². The van der Waals surface area contributed by atoms with Crippen LogP contribution in [0.15, 0.2) is 73.1 Å². The van der Waals surface area contributed by atoms with Crippen LogP contribution in [0.5, 0.6) is 0 Å². The second-order valence-corrected chi connectivity index (χ2v) is 7.28. The van der Waals surface area contributed by atoms with Crippen molar-refractivity contribution in [1.29, 1.82) is 0 Å². The Bertz CT molecular complexity index is 1010. The summed E-state index contributed by atoms with van der Waals surface area (Å²) in [6, 6.07) is 20.7. The molecule has 2 heterocycles. The standard InChI is InChI=1S/C22H21N3/c1-22(2,3)18-14-23-15-19-20(18)25(17-12-8-5-9-13-17)21(24-19)16-10-6-4-7-11-16/h4-15H,1-3H3. The Kier molecular flexibility index (Phi) is 3.65. The minimum atomic E-state index is -0.0208. The minimum Gasteiger partial charge on any atom is -0.292 e. The lowest BCUT2D eigenvalue weighted by Gasteiger charge is -2.21. The van der Waals surface area contributed by atoms with Gasteiger partial charge in [0.1, 0.15) is 11.3 Å². The predicted octanol–water partition coefficient (Wildman–Crippen LogP) is 5.39. The zero-order valence-electron chi connectivity index (χ0n) is 14.8. The average molecular weight is 327 g/mol. The monoisotopic (exact) mass is 327 g/mol. The van der Waals surface area contributed by atoms with Crippen LogP contribution >= 0.6 is 0 Å². The van der Waals surface area contributed by atoms with Crippen LogP contribution in [0.4, 0.5) is 0 Å². The molecule has 0 aliphatic heterocycles. The van der Waals surface area contributed by atoms with Gasteiger partial charge in [-0.1, -0.05) is 69.3 Å². The molecule has 0 fully saturated rings. The van der Waals surface area contributed by atoms with Gasteiger partial charge in [0.05, 0.1) is 11.7 Å². The number of hydrogen-bond acceptors (Lipinski definition) is 2. The summed E-state index contributed by atoms with van der Waals surface area (Å²) in [4.78, 5) is 9.38. The van der Waals surface area contributed by atoms with E-state index in [2.05, 4.69) is 66.7 Å². The van der Waals surface area contributed by atoms with Crippen LogP contribution in [0.2, 0.25) is 0 Å². The maximum Gasteiger partial charge on any atom is 0.145 e. The van der Waals surface area contributed by atoms with E-state index in [1.807, 2.05) is 36.7 Å². The first-order chi connectivity index (χ1) is 12.1. The molecular weight excluding hydrogens is 306 g/mol. The van der Waals surface area contributed by atoms with Gasteiger partial charge in [-0.2, -0.15) is 0 Å². The molecule has 2 aromatic carbocycles. The predicted molar refractivity (Wildman–Crippen MR) is 103 cm³/mol. The molecule has 124 valence electrons. The second kappa shape index (κ2) is 5.85. The molecule has 0 radical (unpaired) electrons. The summed E-state index contributed by atoms with van der Waals surface area (Å²) in [5.74, 6) is 0.945. The molecule has 0 N–H and O–H groups in total. The molecule has 3 heteroatoms. The fourth-order valence-corrected chi connectivity index (χ4v) is 3.19. The maximum absolute atomic E-state index is 4.93. The molecule has 0 bridgehead atoms. The zero-order chi connectivity index (χ0) is 17.4. The van der Waals surface area contributed by atoms with E-state index in [1.54, 1.807) is 0 Å². The fraction of sp³-hybridized carbons (Fsp3) is 0.182. The van der Waals surface area contributed by atoms with Crippen LogP contribution < -0.4 is 0 Å². The summed E-state index contributed by atoms with van der Waals surface area (Å²) in [7, 11) is 0. The highest BCUT2D eigenvalue weighted by atomic mass is 15.1. The third-order valence-corrected chi connectivity index (χ3v) is 4.41. The van der Waals surface area contributed by atoms with Crippen molar-refractivity contribution in [3.05, 3.63) is 78.6 Å². The SMILES string of the molecule is CC(C)(C)c1cncc2nc(-c3ccccc3)n(-c3ccccc3)c12. The molecule has 4 rings (SSSR count). The number of para-hydroxylation sites is 1. The van der Waals surface area contributed by atoms with E-state index in [0.717, 1.165) is 28.1 Å². The van der Waals surface area contributed by atoms with Crippen molar-refractivity contribution in [2.24, 2.45) is 0 Å². The summed E-state index contributed by atoms with van der Waals surface area (Å²) in [5, 5.41) is 0. The van der Waals surface area contributed by atoms with Crippen molar-refractivity contribution in [3.63, 3.8) is 0 Å². The van der Waals surface area contributed by atoms with Crippen molar-refractivity contribution >= 4 is 11.0 Å². The number of rotatable bonds is 2. The van der Waals surface area contributed by atoms with Gasteiger partial charge in [0.25, 0.3) is 0 Å². The van der Waals surface area contributed by atoms with Crippen LogP contribution in [0.1, 0.15) is 26.3 Å². The van der Waals surface area contributed by atoms with Crippen molar-refractivity contribution in [1.82, 2.24) is 14.5 Å². The largest absolute Gasteiger partial charge is 0.292 e. The van der Waals surface area contributed by atoms with Crippen molar-refractivity contribution in [3.8, 4) is 17.1 Å². The van der Waals surface area contributed by atoms with Crippen LogP contribution in [-0.4, -0.2) is 14.5 Å². The van der Waals surface area contributed by atoms with Crippen molar-refractivity contribution in [2.45, 2.75) is 26.2 Å². The first-order valence-electron chi connectivity index (χ1n) is 8.53. The van der Waals surface area contributed by atoms with Gasteiger partial charge < -0.3 is 0 Å². The normalized spacial score (nSPS) is 11.8. The van der Waals surface area contributed by atoms with Crippen molar-refractivity contribution < 1.29 is 0 Å². The smallest absolute Gasteiger partial charge is 0.145 e. The van der Waals surface area contributed by atoms with E-state index >= 15 is 0 Å². The first-order valence-corrected chi connectivity index (χ1v) is 8.53. The van der Waals surface area contributed by atoms with Gasteiger partial charge in [-0.3, -0.25) is 9.55 Å². The Hall–Kier alpha value is -2.94. The van der Waals surface area contributed by atoms with E-state index in [4.69, 9.17) is 4.98 Å². The van der Waals surface area contributed by atoms with Gasteiger partial charge in [0.2, 0.25) is 0 Å². The molecule has 0 aliphatic carbocycles. The Morgan fingerprint density at radius 1 is 0.800 bits per heavy atom. The summed E-state index contributed by atoms with van der Waals surface area (Å²) in [5.41, 5.74) is 5.45. The highest BCUT2D eigenvalue weighted by Crippen LogP contribution is 2.34. The lowest BCUT2D eigenvalue weighted by Crippen LogP contribution is -2.14. The van der Waals surface area contributed by atoms with Crippen molar-refractivity contribution in [2.75, 3.05) is 0 Å². The minimum absolute atomic E-state index is 0.0208. The number of fused-ring (bicyclic) bond motifs is 1. The summed E-state index contributed by atoms with van der Waals surface area (Å²) in [6.07, 6.45) is 3.83. The second-order valence-electron chi connectivity index (χ2n) is 7.28. The molecule has 0 saturated carbocycles. The molecule has 0 amide bonds. The van der Waals surface area contributed by atoms with Crippen LogP contribution in [0.3, 0.4) is 0 Å². The highest BCUT2D eigenvalue weighted by Gasteiger charge is 2.23. The van der Waals surface area contributed by atoms with Gasteiger partial charge in [0.15, 0.2) is 0 Å². The van der Waals surface area contributed by atoms with Gasteiger partial charge in [0, 0.05) is 23.0 Å². The number of aromatic nitrogens is 3. The molecule has 2 aromatic heterocycles. The maximum atomic E-state index is 4.93. The quantitative estimate of drug-likeness (QED) is 0.494. The van der Waals surface area contributed by atoms with E-state index in [0.29, 0.717) is 0 Å².